The van der Waals surface area contributed by atoms with Gasteiger partial charge >= 0.3 is 0 Å². The van der Waals surface area contributed by atoms with Crippen LogP contribution in [0, 0.1) is 5.41 Å². The van der Waals surface area contributed by atoms with Gasteiger partial charge in [0, 0.05) is 51.3 Å². The second-order valence-corrected chi connectivity index (χ2v) is 11.3. The van der Waals surface area contributed by atoms with Crippen LogP contribution in [-0.4, -0.2) is 86.2 Å². The van der Waals surface area contributed by atoms with Gasteiger partial charge in [0.1, 0.15) is 30.5 Å². The second kappa shape index (κ2) is 11.7. The zero-order valence-corrected chi connectivity index (χ0v) is 22.2. The summed E-state index contributed by atoms with van der Waals surface area (Å²) in [6, 6.07) is 6.81. The van der Waals surface area contributed by atoms with Gasteiger partial charge in [-0.05, 0) is 42.5 Å². The number of piperazine rings is 1. The number of nitrogens with two attached hydrogens (primary N) is 1. The fourth-order valence-electron chi connectivity index (χ4n) is 5.14. The Morgan fingerprint density at radius 2 is 1.76 bits per heavy atom. The van der Waals surface area contributed by atoms with Crippen molar-refractivity contribution in [3.63, 3.8) is 0 Å². The van der Waals surface area contributed by atoms with Gasteiger partial charge in [-0.2, -0.15) is 0 Å². The van der Waals surface area contributed by atoms with Crippen LogP contribution in [0.2, 0.25) is 0 Å². The largest absolute Gasteiger partial charge is 0.490 e. The Balaban J connectivity index is 1.20. The third-order valence-electron chi connectivity index (χ3n) is 7.41. The molecule has 3 amide bonds. The summed E-state index contributed by atoms with van der Waals surface area (Å²) in [5.41, 5.74) is 6.15. The number of rotatable bonds is 9. The molecule has 10 heteroatoms. The molecule has 1 aromatic rings. The molecule has 37 heavy (non-hydrogen) atoms. The fourth-order valence-corrected chi connectivity index (χ4v) is 5.14. The molecule has 0 radical (unpaired) electrons. The Labute approximate surface area is 219 Å². The van der Waals surface area contributed by atoms with E-state index >= 15 is 0 Å². The number of nitrogens with one attached hydrogen (secondary N) is 2. The topological polar surface area (TPSA) is 126 Å². The quantitative estimate of drug-likeness (QED) is 0.448. The summed E-state index contributed by atoms with van der Waals surface area (Å²) in [6.45, 7) is 10.0. The van der Waals surface area contributed by atoms with Crippen molar-refractivity contribution in [3.05, 3.63) is 24.3 Å². The van der Waals surface area contributed by atoms with E-state index in [2.05, 4.69) is 27.7 Å². The highest BCUT2D eigenvalue weighted by atomic mass is 16.5. The molecule has 4 rings (SSSR count). The average molecular weight is 516 g/mol. The van der Waals surface area contributed by atoms with E-state index in [1.165, 1.54) is 10.6 Å². The van der Waals surface area contributed by atoms with Crippen molar-refractivity contribution < 1.29 is 23.9 Å². The molecule has 0 spiro atoms. The number of anilines is 1. The van der Waals surface area contributed by atoms with Crippen LogP contribution in [0.25, 0.3) is 0 Å². The Hall–Kier alpha value is -2.85. The zero-order valence-electron chi connectivity index (χ0n) is 22.2. The Bertz CT molecular complexity index is 951. The lowest BCUT2D eigenvalue weighted by atomic mass is 9.85. The van der Waals surface area contributed by atoms with Crippen LogP contribution in [-0.2, 0) is 19.1 Å². The highest BCUT2D eigenvalue weighted by molar-refractivity contribution is 5.92. The van der Waals surface area contributed by atoms with Crippen molar-refractivity contribution in [3.8, 4) is 5.75 Å². The van der Waals surface area contributed by atoms with Gasteiger partial charge < -0.3 is 35.6 Å². The molecule has 3 fully saturated rings. The lowest BCUT2D eigenvalue weighted by molar-refractivity contribution is -0.145. The van der Waals surface area contributed by atoms with Crippen molar-refractivity contribution in [1.29, 1.82) is 0 Å². The molecule has 1 aliphatic carbocycles. The van der Waals surface area contributed by atoms with Crippen LogP contribution in [0.5, 0.6) is 5.75 Å². The molecular weight excluding hydrogens is 474 g/mol. The Kier molecular flexibility index (Phi) is 8.59. The van der Waals surface area contributed by atoms with Crippen molar-refractivity contribution in [2.24, 2.45) is 11.1 Å². The molecule has 0 bridgehead atoms. The fraction of sp³-hybridized carbons (Fsp3) is 0.667. The summed E-state index contributed by atoms with van der Waals surface area (Å²) in [6.07, 6.45) is 2.70. The number of hydrogen-bond donors (Lipinski definition) is 3. The molecular formula is C27H41N5O5. The van der Waals surface area contributed by atoms with Crippen LogP contribution >= 0.6 is 0 Å². The third kappa shape index (κ3) is 6.93. The first kappa shape index (κ1) is 27.2. The molecule has 2 aliphatic heterocycles. The van der Waals surface area contributed by atoms with E-state index < -0.39 is 23.4 Å². The lowest BCUT2D eigenvalue weighted by Crippen LogP contribution is -2.58. The first-order valence-electron chi connectivity index (χ1n) is 13.3. The number of nitrogens with zero attached hydrogens (tertiary/aromatic N) is 2. The number of primary amides is 1. The first-order chi connectivity index (χ1) is 17.6. The van der Waals surface area contributed by atoms with Gasteiger partial charge in [0.25, 0.3) is 0 Å². The molecule has 4 N–H and O–H groups in total. The van der Waals surface area contributed by atoms with Gasteiger partial charge in [-0.3, -0.25) is 14.4 Å². The molecule has 0 unspecified atom stereocenters. The van der Waals surface area contributed by atoms with Gasteiger partial charge in [0.15, 0.2) is 0 Å². The minimum Gasteiger partial charge on any atom is -0.490 e. The number of carbonyl (C=O) groups is 3. The van der Waals surface area contributed by atoms with Gasteiger partial charge in [-0.25, -0.2) is 0 Å². The maximum absolute atomic E-state index is 13.2. The monoisotopic (exact) mass is 515 g/mol. The minimum absolute atomic E-state index is 0.0579. The lowest BCUT2D eigenvalue weighted by Gasteiger charge is -2.36. The normalized spacial score (nSPS) is 24.8. The van der Waals surface area contributed by atoms with E-state index in [0.717, 1.165) is 38.3 Å². The van der Waals surface area contributed by atoms with Gasteiger partial charge in [0.05, 0.1) is 6.10 Å². The molecule has 204 valence electrons. The first-order valence-corrected chi connectivity index (χ1v) is 13.3. The molecule has 1 saturated carbocycles. The smallest absolute Gasteiger partial charge is 0.246 e. The van der Waals surface area contributed by atoms with E-state index in [1.807, 2.05) is 32.9 Å². The van der Waals surface area contributed by atoms with E-state index in [4.69, 9.17) is 15.2 Å². The van der Waals surface area contributed by atoms with Gasteiger partial charge in [-0.15, -0.1) is 0 Å². The molecule has 3 aliphatic rings. The van der Waals surface area contributed by atoms with E-state index in [9.17, 15) is 14.4 Å². The number of hydrogen-bond acceptors (Lipinski definition) is 7. The molecule has 2 atom stereocenters. The van der Waals surface area contributed by atoms with E-state index in [0.29, 0.717) is 25.8 Å². The SMILES string of the molecule is CC(C)(C)[C@H](NC(=O)CO[C@H]1C[C@H](Oc2ccc(N3CCNCC3)cc2)C1)C(=O)N1CCC[C@H]1C(N)=O. The molecule has 0 aromatic heterocycles. The minimum atomic E-state index is -0.773. The average Bonchev–Trinajstić information content (AvgIpc) is 3.34. The Morgan fingerprint density at radius 1 is 1.08 bits per heavy atom. The maximum Gasteiger partial charge on any atom is 0.246 e. The summed E-state index contributed by atoms with van der Waals surface area (Å²) in [5, 5.41) is 6.19. The summed E-state index contributed by atoms with van der Waals surface area (Å²) >= 11 is 0. The number of amides is 3. The predicted octanol–water partition coefficient (Wildman–Crippen LogP) is 1.03. The number of carbonyl (C=O) groups excluding carboxylic acids is 3. The summed E-state index contributed by atoms with van der Waals surface area (Å²) in [5.74, 6) is -0.300. The summed E-state index contributed by atoms with van der Waals surface area (Å²) in [4.78, 5) is 41.5. The highest BCUT2D eigenvalue weighted by Gasteiger charge is 2.41. The number of benzene rings is 1. The zero-order chi connectivity index (χ0) is 26.6. The number of likely N-dealkylation sites (tertiary alicyclic amines) is 1. The van der Waals surface area contributed by atoms with Crippen LogP contribution in [0.15, 0.2) is 24.3 Å². The van der Waals surface area contributed by atoms with Crippen LogP contribution < -0.4 is 26.0 Å². The molecule has 1 aromatic carbocycles. The van der Waals surface area contributed by atoms with Crippen LogP contribution in [0.1, 0.15) is 46.5 Å². The van der Waals surface area contributed by atoms with E-state index in [-0.39, 0.29) is 30.6 Å². The van der Waals surface area contributed by atoms with Gasteiger partial charge in [0.2, 0.25) is 17.7 Å². The van der Waals surface area contributed by atoms with Crippen LogP contribution in [0.4, 0.5) is 5.69 Å². The molecule has 2 heterocycles. The van der Waals surface area contributed by atoms with Crippen molar-refractivity contribution in [1.82, 2.24) is 15.5 Å². The second-order valence-electron chi connectivity index (χ2n) is 11.3. The highest BCUT2D eigenvalue weighted by Crippen LogP contribution is 2.30. The summed E-state index contributed by atoms with van der Waals surface area (Å²) in [7, 11) is 0. The Morgan fingerprint density at radius 3 is 2.38 bits per heavy atom. The van der Waals surface area contributed by atoms with Crippen molar-refractivity contribution >= 4 is 23.4 Å². The summed E-state index contributed by atoms with van der Waals surface area (Å²) < 4.78 is 11.8. The number of ether oxygens (including phenoxy) is 2. The van der Waals surface area contributed by atoms with Crippen molar-refractivity contribution in [2.75, 3.05) is 44.2 Å². The predicted molar refractivity (Wildman–Crippen MR) is 140 cm³/mol. The standard InChI is InChI=1S/C27H41N5O5/c1-27(2,3)24(26(35)32-12-4-5-22(32)25(28)34)30-23(33)17-36-20-15-21(16-20)37-19-8-6-18(7-9-19)31-13-10-29-11-14-31/h6-9,20-22,24,29H,4-5,10-17H2,1-3H3,(H2,28,34)(H,30,33)/t20-,21-,22-,24+/m0/s1. The maximum atomic E-state index is 13.2. The van der Waals surface area contributed by atoms with Crippen molar-refractivity contribution in [2.45, 2.75) is 70.7 Å². The van der Waals surface area contributed by atoms with Crippen LogP contribution in [0.3, 0.4) is 0 Å². The van der Waals surface area contributed by atoms with Gasteiger partial charge in [-0.1, -0.05) is 20.8 Å². The third-order valence-corrected chi connectivity index (χ3v) is 7.41. The molecule has 2 saturated heterocycles. The van der Waals surface area contributed by atoms with E-state index in [1.54, 1.807) is 0 Å². The molecule has 10 nitrogen and oxygen atoms in total.